The topological polar surface area (TPSA) is 55.4 Å². The van der Waals surface area contributed by atoms with Crippen LogP contribution < -0.4 is 5.32 Å². The molecular formula is C15H21NO3S. The number of methoxy groups -OCH3 is 1. The van der Waals surface area contributed by atoms with E-state index in [1.807, 2.05) is 12.1 Å². The lowest BCUT2D eigenvalue weighted by atomic mass is 9.64. The van der Waals surface area contributed by atoms with Crippen LogP contribution in [0.2, 0.25) is 0 Å². The second kappa shape index (κ2) is 4.55. The molecule has 0 aromatic heterocycles. The average molecular weight is 295 g/mol. The van der Waals surface area contributed by atoms with Crippen LogP contribution in [0, 0.1) is 5.41 Å². The minimum absolute atomic E-state index is 0.0377. The summed E-state index contributed by atoms with van der Waals surface area (Å²) in [4.78, 5) is 0.484. The van der Waals surface area contributed by atoms with Crippen LogP contribution in [0.25, 0.3) is 0 Å². The van der Waals surface area contributed by atoms with E-state index in [-0.39, 0.29) is 23.3 Å². The second-order valence-electron chi connectivity index (χ2n) is 6.37. The summed E-state index contributed by atoms with van der Waals surface area (Å²) in [6, 6.07) is 7.50. The van der Waals surface area contributed by atoms with E-state index >= 15 is 0 Å². The fourth-order valence-electron chi connectivity index (χ4n) is 3.40. The monoisotopic (exact) mass is 295 g/mol. The maximum atomic E-state index is 12.2. The predicted octanol–water partition coefficient (Wildman–Crippen LogP) is 1.92. The lowest BCUT2D eigenvalue weighted by Gasteiger charge is -2.52. The summed E-state index contributed by atoms with van der Waals surface area (Å²) in [5.74, 6) is 0.163. The highest BCUT2D eigenvalue weighted by Crippen LogP contribution is 2.44. The average Bonchev–Trinajstić information content (AvgIpc) is 2.66. The molecule has 0 radical (unpaired) electrons. The number of benzene rings is 1. The number of sulfone groups is 1. The molecule has 1 aliphatic carbocycles. The molecule has 20 heavy (non-hydrogen) atoms. The first-order chi connectivity index (χ1) is 9.36. The summed E-state index contributed by atoms with van der Waals surface area (Å²) in [7, 11) is -1.40. The molecule has 0 spiro atoms. The molecule has 3 atom stereocenters. The molecule has 1 aliphatic heterocycles. The summed E-state index contributed by atoms with van der Waals surface area (Å²) in [5, 5.41) is 3.52. The zero-order chi connectivity index (χ0) is 14.5. The molecule has 1 aromatic carbocycles. The second-order valence-corrected chi connectivity index (χ2v) is 8.38. The normalized spacial score (nSPS) is 33.5. The third-order valence-corrected chi connectivity index (χ3v) is 6.69. The van der Waals surface area contributed by atoms with Gasteiger partial charge in [-0.15, -0.1) is 0 Å². The van der Waals surface area contributed by atoms with Gasteiger partial charge in [-0.2, -0.15) is 0 Å². The Morgan fingerprint density at radius 2 is 2.00 bits per heavy atom. The van der Waals surface area contributed by atoms with Crippen LogP contribution in [0.1, 0.15) is 31.9 Å². The minimum atomic E-state index is -3.13. The first-order valence-corrected chi connectivity index (χ1v) is 8.62. The highest BCUT2D eigenvalue weighted by molar-refractivity contribution is 7.91. The summed E-state index contributed by atoms with van der Waals surface area (Å²) >= 11 is 0. The van der Waals surface area contributed by atoms with E-state index in [1.54, 1.807) is 19.2 Å². The van der Waals surface area contributed by atoms with E-state index < -0.39 is 9.84 Å². The van der Waals surface area contributed by atoms with E-state index in [2.05, 4.69) is 19.2 Å². The van der Waals surface area contributed by atoms with Gasteiger partial charge >= 0.3 is 0 Å². The van der Waals surface area contributed by atoms with E-state index in [0.29, 0.717) is 10.9 Å². The number of rotatable bonds is 3. The molecule has 0 amide bonds. The van der Waals surface area contributed by atoms with Crippen molar-refractivity contribution >= 4 is 9.84 Å². The number of fused-ring (bicyclic) bond motifs is 1. The van der Waals surface area contributed by atoms with Crippen LogP contribution >= 0.6 is 0 Å². The molecule has 1 aromatic rings. The molecule has 0 bridgehead atoms. The SMILES string of the molecule is COC1CC(NC2CS(=O)(=O)c3ccccc32)C1(C)C. The Morgan fingerprint density at radius 3 is 2.65 bits per heavy atom. The van der Waals surface area contributed by atoms with Crippen molar-refractivity contribution in [3.05, 3.63) is 29.8 Å². The van der Waals surface area contributed by atoms with Crippen LogP contribution in [0.4, 0.5) is 0 Å². The van der Waals surface area contributed by atoms with E-state index in [0.717, 1.165) is 12.0 Å². The molecule has 1 fully saturated rings. The van der Waals surface area contributed by atoms with Gasteiger partial charge in [-0.05, 0) is 18.1 Å². The van der Waals surface area contributed by atoms with Crippen molar-refractivity contribution in [2.24, 2.45) is 5.41 Å². The number of hydrogen-bond donors (Lipinski definition) is 1. The van der Waals surface area contributed by atoms with Gasteiger partial charge in [-0.25, -0.2) is 8.42 Å². The molecule has 1 heterocycles. The van der Waals surface area contributed by atoms with E-state index in [9.17, 15) is 8.42 Å². The largest absolute Gasteiger partial charge is 0.381 e. The third-order valence-electron chi connectivity index (χ3n) is 4.88. The molecule has 5 heteroatoms. The zero-order valence-electron chi connectivity index (χ0n) is 12.1. The van der Waals surface area contributed by atoms with Crippen LogP contribution in [-0.2, 0) is 14.6 Å². The number of ether oxygens (including phenoxy) is 1. The lowest BCUT2D eigenvalue weighted by molar-refractivity contribution is -0.0997. The van der Waals surface area contributed by atoms with Gasteiger partial charge in [-0.1, -0.05) is 32.0 Å². The Morgan fingerprint density at radius 1 is 1.30 bits per heavy atom. The van der Waals surface area contributed by atoms with Gasteiger partial charge in [0.05, 0.1) is 16.8 Å². The molecule has 1 N–H and O–H groups in total. The smallest absolute Gasteiger partial charge is 0.180 e. The highest BCUT2D eigenvalue weighted by Gasteiger charge is 2.50. The van der Waals surface area contributed by atoms with Gasteiger partial charge in [0, 0.05) is 24.6 Å². The van der Waals surface area contributed by atoms with Crippen molar-refractivity contribution in [1.82, 2.24) is 5.32 Å². The zero-order valence-corrected chi connectivity index (χ0v) is 12.9. The first kappa shape index (κ1) is 14.0. The van der Waals surface area contributed by atoms with Crippen molar-refractivity contribution in [1.29, 1.82) is 0 Å². The third kappa shape index (κ3) is 2.00. The lowest BCUT2D eigenvalue weighted by Crippen LogP contribution is -2.61. The van der Waals surface area contributed by atoms with Crippen molar-refractivity contribution in [3.8, 4) is 0 Å². The van der Waals surface area contributed by atoms with E-state index in [4.69, 9.17) is 4.74 Å². The van der Waals surface area contributed by atoms with Crippen LogP contribution in [0.5, 0.6) is 0 Å². The Bertz CT molecular complexity index is 624. The predicted molar refractivity (Wildman–Crippen MR) is 77.4 cm³/mol. The number of hydrogen-bond acceptors (Lipinski definition) is 4. The summed E-state index contributed by atoms with van der Waals surface area (Å²) in [5.41, 5.74) is 0.944. The van der Waals surface area contributed by atoms with Crippen molar-refractivity contribution < 1.29 is 13.2 Å². The molecule has 2 aliphatic rings. The highest BCUT2D eigenvalue weighted by atomic mass is 32.2. The fourth-order valence-corrected chi connectivity index (χ4v) is 5.15. The first-order valence-electron chi connectivity index (χ1n) is 6.97. The Hall–Kier alpha value is -0.910. The van der Waals surface area contributed by atoms with Gasteiger partial charge in [0.25, 0.3) is 0 Å². The van der Waals surface area contributed by atoms with Gasteiger partial charge in [-0.3, -0.25) is 0 Å². The minimum Gasteiger partial charge on any atom is -0.381 e. The van der Waals surface area contributed by atoms with Gasteiger partial charge in [0.1, 0.15) is 0 Å². The summed E-state index contributed by atoms with van der Waals surface area (Å²) in [6.45, 7) is 4.33. The maximum Gasteiger partial charge on any atom is 0.180 e. The molecule has 0 saturated heterocycles. The molecule has 1 saturated carbocycles. The van der Waals surface area contributed by atoms with Gasteiger partial charge < -0.3 is 10.1 Å². The summed E-state index contributed by atoms with van der Waals surface area (Å²) < 4.78 is 29.8. The van der Waals surface area contributed by atoms with Crippen molar-refractivity contribution in [3.63, 3.8) is 0 Å². The summed E-state index contributed by atoms with van der Waals surface area (Å²) in [6.07, 6.45) is 1.18. The standard InChI is InChI=1S/C15H21NO3S/c1-15(2)13(8-14(15)19-3)16-11-9-20(17,18)12-7-5-4-6-10(11)12/h4-7,11,13-14,16H,8-9H2,1-3H3. The Labute approximate surface area is 120 Å². The van der Waals surface area contributed by atoms with Crippen LogP contribution in [-0.4, -0.2) is 33.4 Å². The van der Waals surface area contributed by atoms with E-state index in [1.165, 1.54) is 0 Å². The quantitative estimate of drug-likeness (QED) is 0.925. The van der Waals surface area contributed by atoms with Crippen molar-refractivity contribution in [2.45, 2.75) is 43.4 Å². The molecular weight excluding hydrogens is 274 g/mol. The van der Waals surface area contributed by atoms with Crippen LogP contribution in [0.15, 0.2) is 29.2 Å². The van der Waals surface area contributed by atoms with Crippen LogP contribution in [0.3, 0.4) is 0 Å². The van der Waals surface area contributed by atoms with Gasteiger partial charge in [0.2, 0.25) is 0 Å². The number of nitrogens with one attached hydrogen (secondary N) is 1. The molecule has 3 rings (SSSR count). The molecule has 3 unspecified atom stereocenters. The Kier molecular flexibility index (Phi) is 3.19. The maximum absolute atomic E-state index is 12.2. The fraction of sp³-hybridized carbons (Fsp3) is 0.600. The molecule has 110 valence electrons. The molecule has 4 nitrogen and oxygen atoms in total. The Balaban J connectivity index is 1.82. The van der Waals surface area contributed by atoms with Gasteiger partial charge in [0.15, 0.2) is 9.84 Å². The van der Waals surface area contributed by atoms with Crippen molar-refractivity contribution in [2.75, 3.05) is 12.9 Å².